The molecule has 0 saturated carbocycles. The summed E-state index contributed by atoms with van der Waals surface area (Å²) < 4.78 is 39.4. The van der Waals surface area contributed by atoms with Crippen LogP contribution in [0.15, 0.2) is 35.4 Å². The molecule has 0 saturated heterocycles. The summed E-state index contributed by atoms with van der Waals surface area (Å²) in [4.78, 5) is 27.4. The first-order valence-electron chi connectivity index (χ1n) is 8.37. The van der Waals surface area contributed by atoms with Gasteiger partial charge in [0.2, 0.25) is 0 Å². The van der Waals surface area contributed by atoms with Crippen LogP contribution in [0.1, 0.15) is 41.4 Å². The zero-order chi connectivity index (χ0) is 20.9. The van der Waals surface area contributed by atoms with Gasteiger partial charge in [-0.05, 0) is 37.3 Å². The fraction of sp³-hybridized carbons (Fsp3) is 0.333. The number of benzene rings is 1. The molecule has 0 unspecified atom stereocenters. The molecule has 1 heterocycles. The average Bonchev–Trinajstić information content (AvgIpc) is 2.64. The largest absolute Gasteiger partial charge is 0.423 e. The molecule has 1 N–H and O–H groups in total. The van der Waals surface area contributed by atoms with Gasteiger partial charge >= 0.3 is 6.18 Å². The van der Waals surface area contributed by atoms with Gasteiger partial charge in [0.1, 0.15) is 5.56 Å². The quantitative estimate of drug-likeness (QED) is 0.377. The molecule has 0 atom stereocenters. The van der Waals surface area contributed by atoms with Crippen LogP contribution in [0.4, 0.5) is 24.5 Å². The number of aryl methyl sites for hydroxylation is 1. The second kappa shape index (κ2) is 9.05. The Kier molecular flexibility index (Phi) is 7.00. The minimum Gasteiger partial charge on any atom is -0.322 e. The molecule has 2 rings (SSSR count). The molecular weight excluding hydrogens is 395 g/mol. The van der Waals surface area contributed by atoms with E-state index in [0.29, 0.717) is 28.6 Å². The predicted octanol–water partition coefficient (Wildman–Crippen LogP) is 5.33. The molecule has 1 amide bonds. The van der Waals surface area contributed by atoms with Gasteiger partial charge < -0.3 is 5.32 Å². The van der Waals surface area contributed by atoms with Crippen molar-refractivity contribution in [1.29, 1.82) is 0 Å². The van der Waals surface area contributed by atoms with E-state index in [1.54, 1.807) is 18.5 Å². The normalized spacial score (nSPS) is 11.3. The number of halogens is 3. The highest BCUT2D eigenvalue weighted by atomic mass is 32.2. The number of nitrogens with one attached hydrogen (secondary N) is 1. The molecule has 150 valence electrons. The summed E-state index contributed by atoms with van der Waals surface area (Å²) in [5, 5.41) is 13.3. The zero-order valence-electron chi connectivity index (χ0n) is 15.2. The van der Waals surface area contributed by atoms with E-state index >= 15 is 0 Å². The highest BCUT2D eigenvalue weighted by molar-refractivity contribution is 7.98. The third-order valence-electron chi connectivity index (χ3n) is 3.96. The summed E-state index contributed by atoms with van der Waals surface area (Å²) >= 11 is 1.33. The fourth-order valence-corrected chi connectivity index (χ4v) is 3.24. The SMILES string of the molecule is CCCCc1nccc(SC)c1C(=O)Nc1ccc([N+](=O)[O-])c(C(F)(F)F)c1. The van der Waals surface area contributed by atoms with Crippen LogP contribution in [0.2, 0.25) is 0 Å². The molecule has 0 aliphatic heterocycles. The summed E-state index contributed by atoms with van der Waals surface area (Å²) in [7, 11) is 0. The minimum absolute atomic E-state index is 0.180. The number of amides is 1. The molecular formula is C18H18F3N3O3S. The van der Waals surface area contributed by atoms with E-state index in [4.69, 9.17) is 0 Å². The smallest absolute Gasteiger partial charge is 0.322 e. The maximum atomic E-state index is 13.1. The second-order valence-corrected chi connectivity index (χ2v) is 6.73. The Labute approximate surface area is 163 Å². The molecule has 6 nitrogen and oxygen atoms in total. The summed E-state index contributed by atoms with van der Waals surface area (Å²) in [5.41, 5.74) is -1.81. The van der Waals surface area contributed by atoms with Crippen molar-refractivity contribution in [3.05, 3.63) is 57.4 Å². The van der Waals surface area contributed by atoms with Crippen LogP contribution >= 0.6 is 11.8 Å². The van der Waals surface area contributed by atoms with E-state index in [1.165, 1.54) is 11.8 Å². The summed E-state index contributed by atoms with van der Waals surface area (Å²) in [6.45, 7) is 1.99. The molecule has 0 bridgehead atoms. The molecule has 2 aromatic rings. The van der Waals surface area contributed by atoms with E-state index in [1.807, 2.05) is 6.92 Å². The van der Waals surface area contributed by atoms with Gasteiger partial charge in [0.25, 0.3) is 11.6 Å². The van der Waals surface area contributed by atoms with Crippen LogP contribution in [0.5, 0.6) is 0 Å². The molecule has 28 heavy (non-hydrogen) atoms. The van der Waals surface area contributed by atoms with Gasteiger partial charge in [-0.25, -0.2) is 0 Å². The number of aromatic nitrogens is 1. The van der Waals surface area contributed by atoms with Crippen molar-refractivity contribution in [2.24, 2.45) is 0 Å². The van der Waals surface area contributed by atoms with Gasteiger partial charge in [0.15, 0.2) is 0 Å². The van der Waals surface area contributed by atoms with Crippen molar-refractivity contribution < 1.29 is 22.9 Å². The lowest BCUT2D eigenvalue weighted by Crippen LogP contribution is -2.17. The molecule has 10 heteroatoms. The molecule has 0 aliphatic carbocycles. The summed E-state index contributed by atoms with van der Waals surface area (Å²) in [6.07, 6.45) is 0.699. The number of hydrogen-bond donors (Lipinski definition) is 1. The number of nitro groups is 1. The monoisotopic (exact) mass is 413 g/mol. The van der Waals surface area contributed by atoms with E-state index < -0.39 is 28.3 Å². The first-order valence-corrected chi connectivity index (χ1v) is 9.60. The van der Waals surface area contributed by atoms with Crippen LogP contribution in [0.3, 0.4) is 0 Å². The van der Waals surface area contributed by atoms with Crippen LogP contribution in [-0.2, 0) is 12.6 Å². The van der Waals surface area contributed by atoms with Crippen LogP contribution in [0.25, 0.3) is 0 Å². The van der Waals surface area contributed by atoms with E-state index in [2.05, 4.69) is 10.3 Å². The van der Waals surface area contributed by atoms with Crippen molar-refractivity contribution in [1.82, 2.24) is 4.98 Å². The number of carbonyl (C=O) groups excluding carboxylic acids is 1. The van der Waals surface area contributed by atoms with E-state index in [0.717, 1.165) is 25.0 Å². The number of unbranched alkanes of at least 4 members (excludes halogenated alkanes) is 1. The zero-order valence-corrected chi connectivity index (χ0v) is 16.0. The number of hydrogen-bond acceptors (Lipinski definition) is 5. The number of nitro benzene ring substituents is 1. The van der Waals surface area contributed by atoms with Crippen molar-refractivity contribution in [2.45, 2.75) is 37.3 Å². The number of rotatable bonds is 7. The van der Waals surface area contributed by atoms with Crippen molar-refractivity contribution in [2.75, 3.05) is 11.6 Å². The van der Waals surface area contributed by atoms with Crippen molar-refractivity contribution in [3.8, 4) is 0 Å². The molecule has 0 radical (unpaired) electrons. The number of anilines is 1. The third-order valence-corrected chi connectivity index (χ3v) is 4.74. The van der Waals surface area contributed by atoms with E-state index in [9.17, 15) is 28.1 Å². The number of carbonyl (C=O) groups is 1. The third kappa shape index (κ3) is 5.00. The number of pyridine rings is 1. The highest BCUT2D eigenvalue weighted by Gasteiger charge is 2.38. The van der Waals surface area contributed by atoms with Gasteiger partial charge in [0.05, 0.1) is 16.2 Å². The number of nitrogens with zero attached hydrogens (tertiary/aromatic N) is 2. The lowest BCUT2D eigenvalue weighted by molar-refractivity contribution is -0.388. The van der Waals surface area contributed by atoms with E-state index in [-0.39, 0.29) is 5.69 Å². The van der Waals surface area contributed by atoms with Crippen molar-refractivity contribution in [3.63, 3.8) is 0 Å². The number of alkyl halides is 3. The average molecular weight is 413 g/mol. The molecule has 0 spiro atoms. The summed E-state index contributed by atoms with van der Waals surface area (Å²) in [5.74, 6) is -0.606. The lowest BCUT2D eigenvalue weighted by Gasteiger charge is -2.14. The lowest BCUT2D eigenvalue weighted by atomic mass is 10.1. The van der Waals surface area contributed by atoms with Gasteiger partial charge in [-0.2, -0.15) is 13.2 Å². The Hall–Kier alpha value is -2.62. The van der Waals surface area contributed by atoms with Gasteiger partial charge in [0, 0.05) is 22.8 Å². The Morgan fingerprint density at radius 2 is 2.04 bits per heavy atom. The fourth-order valence-electron chi connectivity index (χ4n) is 2.63. The van der Waals surface area contributed by atoms with Gasteiger partial charge in [-0.15, -0.1) is 11.8 Å². The Bertz CT molecular complexity index is 888. The minimum atomic E-state index is -4.92. The predicted molar refractivity (Wildman–Crippen MR) is 101 cm³/mol. The second-order valence-electron chi connectivity index (χ2n) is 5.88. The Morgan fingerprint density at radius 1 is 1.32 bits per heavy atom. The van der Waals surface area contributed by atoms with Crippen LogP contribution in [0, 0.1) is 10.1 Å². The molecule has 1 aromatic carbocycles. The van der Waals surface area contributed by atoms with Gasteiger partial charge in [-0.3, -0.25) is 19.9 Å². The van der Waals surface area contributed by atoms with Gasteiger partial charge in [-0.1, -0.05) is 13.3 Å². The highest BCUT2D eigenvalue weighted by Crippen LogP contribution is 2.37. The molecule has 0 fully saturated rings. The van der Waals surface area contributed by atoms with Crippen LogP contribution in [-0.4, -0.2) is 22.1 Å². The number of thioether (sulfide) groups is 1. The standard InChI is InChI=1S/C18H18F3N3O3S/c1-3-4-5-13-16(15(28-2)8-9-22-13)17(25)23-11-6-7-14(24(26)27)12(10-11)18(19,20)21/h6-10H,3-5H2,1-2H3,(H,23,25). The first kappa shape index (κ1) is 21.7. The molecule has 0 aliphatic rings. The first-order chi connectivity index (χ1) is 13.2. The van der Waals surface area contributed by atoms with Crippen LogP contribution < -0.4 is 5.32 Å². The Balaban J connectivity index is 2.42. The summed E-state index contributed by atoms with van der Waals surface area (Å²) in [6, 6.07) is 4.03. The topological polar surface area (TPSA) is 85.1 Å². The Morgan fingerprint density at radius 3 is 2.61 bits per heavy atom. The molecule has 1 aromatic heterocycles. The van der Waals surface area contributed by atoms with Crippen molar-refractivity contribution >= 4 is 29.0 Å². The maximum Gasteiger partial charge on any atom is 0.423 e. The maximum absolute atomic E-state index is 13.1.